The predicted molar refractivity (Wildman–Crippen MR) is 144 cm³/mol. The molecule has 0 radical (unpaired) electrons. The van der Waals surface area contributed by atoms with Gasteiger partial charge in [-0.1, -0.05) is 24.3 Å². The summed E-state index contributed by atoms with van der Waals surface area (Å²) in [7, 11) is 0.296. The van der Waals surface area contributed by atoms with E-state index < -0.39 is 21.4 Å². The van der Waals surface area contributed by atoms with Crippen LogP contribution in [0, 0.1) is 6.92 Å². The largest absolute Gasteiger partial charge is 0.494 e. The van der Waals surface area contributed by atoms with Gasteiger partial charge in [0.15, 0.2) is 11.6 Å². The predicted octanol–water partition coefficient (Wildman–Crippen LogP) is 3.48. The first kappa shape index (κ1) is 27.8. The molecule has 39 heavy (non-hydrogen) atoms. The molecular weight excluding hydrogens is 524 g/mol. The van der Waals surface area contributed by atoms with Crippen LogP contribution in [0.2, 0.25) is 0 Å². The van der Waals surface area contributed by atoms with Crippen LogP contribution in [0.15, 0.2) is 60.9 Å². The van der Waals surface area contributed by atoms with E-state index in [2.05, 4.69) is 24.9 Å². The van der Waals surface area contributed by atoms with Gasteiger partial charge in [-0.25, -0.2) is 18.4 Å². The van der Waals surface area contributed by atoms with Crippen molar-refractivity contribution in [1.82, 2.24) is 24.7 Å². The molecule has 0 spiro atoms. The van der Waals surface area contributed by atoms with Crippen molar-refractivity contribution >= 4 is 16.0 Å². The number of aromatic nitrogens is 5. The lowest BCUT2D eigenvalue weighted by Gasteiger charge is -2.23. The number of benzene rings is 2. The second-order valence-electron chi connectivity index (χ2n) is 8.52. The fourth-order valence-corrected chi connectivity index (χ4v) is 5.00. The van der Waals surface area contributed by atoms with Crippen molar-refractivity contribution in [3.05, 3.63) is 78.1 Å². The molecule has 0 fully saturated rings. The summed E-state index contributed by atoms with van der Waals surface area (Å²) in [4.78, 5) is 8.50. The molecule has 0 amide bonds. The van der Waals surface area contributed by atoms with E-state index in [1.807, 2.05) is 25.1 Å². The number of hydrogen-bond acceptors (Lipinski definition) is 10. The fraction of sp³-hybridized carbons (Fsp3) is 0.308. The number of rotatable bonds is 12. The Bertz CT molecular complexity index is 1470. The molecule has 13 heteroatoms. The van der Waals surface area contributed by atoms with Crippen LogP contribution in [-0.2, 0) is 21.4 Å². The van der Waals surface area contributed by atoms with Crippen molar-refractivity contribution in [1.29, 1.82) is 0 Å². The Kier molecular flexibility index (Phi) is 8.62. The van der Waals surface area contributed by atoms with Crippen molar-refractivity contribution < 1.29 is 27.4 Å². The monoisotopic (exact) mass is 554 g/mol. The molecule has 12 nitrogen and oxygen atoms in total. The lowest BCUT2D eigenvalue weighted by molar-refractivity contribution is 0.0949. The molecule has 0 bridgehead atoms. The third kappa shape index (κ3) is 6.10. The molecule has 0 saturated heterocycles. The van der Waals surface area contributed by atoms with Gasteiger partial charge in [0.05, 0.1) is 14.2 Å². The molecule has 206 valence electrons. The molecule has 2 heterocycles. The smallest absolute Gasteiger partial charge is 0.243 e. The van der Waals surface area contributed by atoms with Gasteiger partial charge in [0, 0.05) is 19.5 Å². The van der Waals surface area contributed by atoms with Crippen LogP contribution >= 0.6 is 0 Å². The highest BCUT2D eigenvalue weighted by Gasteiger charge is 2.35. The molecular formula is C26H30N6O6S. The Morgan fingerprint density at radius 2 is 1.56 bits per heavy atom. The molecule has 4 rings (SSSR count). The molecule has 2 aromatic heterocycles. The number of hydrogen-bond donors (Lipinski definition) is 1. The summed E-state index contributed by atoms with van der Waals surface area (Å²) in [5.41, 5.74) is 1.24. The van der Waals surface area contributed by atoms with E-state index in [9.17, 15) is 8.42 Å². The Morgan fingerprint density at radius 3 is 2.15 bits per heavy atom. The number of sulfonamides is 1. The maximum Gasteiger partial charge on any atom is 0.243 e. The normalized spacial score (nSPS) is 12.9. The van der Waals surface area contributed by atoms with Crippen LogP contribution in [0.25, 0.3) is 5.69 Å². The number of para-hydroxylation sites is 2. The van der Waals surface area contributed by atoms with Crippen molar-refractivity contribution in [2.45, 2.75) is 31.8 Å². The van der Waals surface area contributed by atoms with Crippen LogP contribution < -0.4 is 18.9 Å². The van der Waals surface area contributed by atoms with Gasteiger partial charge in [0.2, 0.25) is 16.0 Å². The molecule has 2 aromatic carbocycles. The van der Waals surface area contributed by atoms with Crippen molar-refractivity contribution in [3.8, 4) is 22.9 Å². The zero-order valence-electron chi connectivity index (χ0n) is 22.2. The van der Waals surface area contributed by atoms with Crippen LogP contribution in [0.4, 0.5) is 5.95 Å². The van der Waals surface area contributed by atoms with Crippen LogP contribution in [0.5, 0.6) is 17.2 Å². The van der Waals surface area contributed by atoms with Gasteiger partial charge in [0.1, 0.15) is 40.9 Å². The van der Waals surface area contributed by atoms with E-state index in [1.54, 1.807) is 42.7 Å². The van der Waals surface area contributed by atoms with Crippen LogP contribution in [-0.4, -0.2) is 59.7 Å². The second-order valence-corrected chi connectivity index (χ2v) is 10.6. The molecule has 2 atom stereocenters. The van der Waals surface area contributed by atoms with Crippen molar-refractivity contribution in [2.24, 2.45) is 0 Å². The number of nitrogens with zero attached hydrogens (tertiary/aromatic N) is 5. The summed E-state index contributed by atoms with van der Waals surface area (Å²) in [6.07, 6.45) is 2.26. The number of nitrogens with one attached hydrogen (secondary N) is 1. The summed E-state index contributed by atoms with van der Waals surface area (Å²) in [5.74, 6) is 1.88. The first-order chi connectivity index (χ1) is 18.8. The van der Waals surface area contributed by atoms with E-state index in [-0.39, 0.29) is 18.4 Å². The molecule has 0 saturated carbocycles. The van der Waals surface area contributed by atoms with Gasteiger partial charge in [-0.05, 0) is 43.7 Å². The molecule has 0 aliphatic heterocycles. The van der Waals surface area contributed by atoms with Gasteiger partial charge in [-0.3, -0.25) is 9.29 Å². The van der Waals surface area contributed by atoms with Crippen molar-refractivity contribution in [3.63, 3.8) is 0 Å². The average molecular weight is 555 g/mol. The van der Waals surface area contributed by atoms with Crippen LogP contribution in [0.1, 0.15) is 30.2 Å². The Hall–Kier alpha value is -4.23. The topological polar surface area (TPSA) is 140 Å². The molecule has 1 N–H and O–H groups in total. The minimum absolute atomic E-state index is 0.0204. The Balaban J connectivity index is 1.75. The first-order valence-electron chi connectivity index (χ1n) is 12.0. The first-order valence-corrected chi connectivity index (χ1v) is 13.5. The lowest BCUT2D eigenvalue weighted by atomic mass is 10.2. The van der Waals surface area contributed by atoms with Gasteiger partial charge in [-0.2, -0.15) is 0 Å². The molecule has 4 aromatic rings. The van der Waals surface area contributed by atoms with Gasteiger partial charge in [0.25, 0.3) is 0 Å². The minimum atomic E-state index is -4.11. The van der Waals surface area contributed by atoms with E-state index in [1.165, 1.54) is 32.8 Å². The molecule has 0 aliphatic rings. The van der Waals surface area contributed by atoms with E-state index >= 15 is 0 Å². The number of aryl methyl sites for hydroxylation is 1. The zero-order chi connectivity index (χ0) is 28.0. The Labute approximate surface area is 227 Å². The summed E-state index contributed by atoms with van der Waals surface area (Å²) >= 11 is 0. The SMILES string of the molecule is COc1cccc(OC)c1-n1c(COc2ccccc2)nnc1NS(=O)(=O)[C@@H](C)[C@H](OC)c1ncc(C)cn1. The maximum atomic E-state index is 13.6. The van der Waals surface area contributed by atoms with Crippen molar-refractivity contribution in [2.75, 3.05) is 26.1 Å². The highest BCUT2D eigenvalue weighted by atomic mass is 32.2. The fourth-order valence-electron chi connectivity index (χ4n) is 3.87. The van der Waals surface area contributed by atoms with E-state index in [4.69, 9.17) is 18.9 Å². The minimum Gasteiger partial charge on any atom is -0.494 e. The highest BCUT2D eigenvalue weighted by Crippen LogP contribution is 2.36. The number of methoxy groups -OCH3 is 3. The maximum absolute atomic E-state index is 13.6. The lowest BCUT2D eigenvalue weighted by Crippen LogP contribution is -2.33. The van der Waals surface area contributed by atoms with Gasteiger partial charge >= 0.3 is 0 Å². The summed E-state index contributed by atoms with van der Waals surface area (Å²) in [5, 5.41) is 7.28. The molecule has 0 unspecified atom stereocenters. The standard InChI is InChI=1S/C26H30N6O6S/c1-17-14-27-25(28-15-17)24(37-5)18(2)39(33,34)31-26-30-29-22(16-38-19-10-7-6-8-11-19)32(26)23-20(35-3)12-9-13-21(23)36-4/h6-15,18,24H,16H2,1-5H3,(H,30,31)/t18-,24-/m0/s1. The third-order valence-electron chi connectivity index (χ3n) is 5.93. The number of anilines is 1. The molecule has 0 aliphatic carbocycles. The highest BCUT2D eigenvalue weighted by molar-refractivity contribution is 7.93. The average Bonchev–Trinajstić information content (AvgIpc) is 3.34. The summed E-state index contributed by atoms with van der Waals surface area (Å²) < 4.78 is 53.8. The second kappa shape index (κ2) is 12.1. The number of ether oxygens (including phenoxy) is 4. The Morgan fingerprint density at radius 1 is 0.923 bits per heavy atom. The third-order valence-corrected chi connectivity index (χ3v) is 7.62. The zero-order valence-corrected chi connectivity index (χ0v) is 23.0. The quantitative estimate of drug-likeness (QED) is 0.277. The summed E-state index contributed by atoms with van der Waals surface area (Å²) in [6.45, 7) is 3.32. The van der Waals surface area contributed by atoms with E-state index in [0.29, 0.717) is 28.8 Å². The van der Waals surface area contributed by atoms with Gasteiger partial charge < -0.3 is 18.9 Å². The summed E-state index contributed by atoms with van der Waals surface area (Å²) in [6, 6.07) is 14.3. The van der Waals surface area contributed by atoms with Gasteiger partial charge in [-0.15, -0.1) is 10.2 Å². The van der Waals surface area contributed by atoms with Crippen LogP contribution in [0.3, 0.4) is 0 Å². The van der Waals surface area contributed by atoms with E-state index in [0.717, 1.165) is 5.56 Å².